The standard InChI is InChI=1S/C25H31FN4O5/c1-35-24(33)15-6-2-13(3-7-15)19-18(26)12-27-21-20(19)23(32)30(25(34)29-21)17-10-8-16(9-11-17)28-22(31)14-4-5-14/h12-17H,2-11H2,1H3,(H,28,31)(H,27,29,34). The van der Waals surface area contributed by atoms with E-state index in [1.165, 1.54) is 11.7 Å². The van der Waals surface area contributed by atoms with E-state index in [4.69, 9.17) is 4.74 Å². The fraction of sp³-hybridized carbons (Fsp3) is 0.640. The van der Waals surface area contributed by atoms with Crippen molar-refractivity contribution in [1.82, 2.24) is 19.9 Å². The van der Waals surface area contributed by atoms with Crippen molar-refractivity contribution in [1.29, 1.82) is 0 Å². The predicted octanol–water partition coefficient (Wildman–Crippen LogP) is 2.68. The molecule has 0 aliphatic heterocycles. The van der Waals surface area contributed by atoms with Crippen LogP contribution >= 0.6 is 0 Å². The van der Waals surface area contributed by atoms with E-state index >= 15 is 4.39 Å². The minimum absolute atomic E-state index is 0.0502. The molecule has 0 atom stereocenters. The van der Waals surface area contributed by atoms with Crippen LogP contribution in [0, 0.1) is 17.7 Å². The molecule has 0 aromatic carbocycles. The number of hydrogen-bond donors (Lipinski definition) is 2. The number of carbonyl (C=O) groups excluding carboxylic acids is 2. The first-order chi connectivity index (χ1) is 16.9. The second-order valence-electron chi connectivity index (χ2n) is 10.2. The third-order valence-electron chi connectivity index (χ3n) is 7.97. The van der Waals surface area contributed by atoms with Crippen LogP contribution in [0.2, 0.25) is 0 Å². The number of carbonyl (C=O) groups is 2. The first kappa shape index (κ1) is 23.7. The third-order valence-corrected chi connectivity index (χ3v) is 7.97. The van der Waals surface area contributed by atoms with Gasteiger partial charge in [-0.25, -0.2) is 14.2 Å². The zero-order chi connectivity index (χ0) is 24.7. The van der Waals surface area contributed by atoms with Gasteiger partial charge in [0.1, 0.15) is 11.5 Å². The van der Waals surface area contributed by atoms with E-state index in [1.807, 2.05) is 0 Å². The lowest BCUT2D eigenvalue weighted by Gasteiger charge is -2.30. The number of methoxy groups -OCH3 is 1. The number of aromatic amines is 1. The second-order valence-corrected chi connectivity index (χ2v) is 10.2. The van der Waals surface area contributed by atoms with Gasteiger partial charge in [-0.3, -0.25) is 23.9 Å². The van der Waals surface area contributed by atoms with Gasteiger partial charge in [-0.1, -0.05) is 0 Å². The summed E-state index contributed by atoms with van der Waals surface area (Å²) in [4.78, 5) is 57.2. The summed E-state index contributed by atoms with van der Waals surface area (Å²) in [5, 5.41) is 3.20. The Kier molecular flexibility index (Phi) is 6.46. The smallest absolute Gasteiger partial charge is 0.330 e. The van der Waals surface area contributed by atoms with E-state index in [0.29, 0.717) is 51.4 Å². The highest BCUT2D eigenvalue weighted by Crippen LogP contribution is 2.39. The number of ether oxygens (including phenoxy) is 1. The molecule has 3 aliphatic carbocycles. The number of nitrogens with zero attached hydrogens (tertiary/aromatic N) is 2. The van der Waals surface area contributed by atoms with Gasteiger partial charge in [0.15, 0.2) is 0 Å². The second kappa shape index (κ2) is 9.54. The van der Waals surface area contributed by atoms with Crippen molar-refractivity contribution in [2.45, 2.75) is 82.2 Å². The van der Waals surface area contributed by atoms with Gasteiger partial charge in [0, 0.05) is 23.6 Å². The summed E-state index contributed by atoms with van der Waals surface area (Å²) >= 11 is 0. The molecule has 2 aromatic rings. The number of halogens is 1. The van der Waals surface area contributed by atoms with Gasteiger partial charge < -0.3 is 10.1 Å². The van der Waals surface area contributed by atoms with Gasteiger partial charge in [-0.05, 0) is 70.1 Å². The maximum absolute atomic E-state index is 15.1. The number of pyridine rings is 1. The molecular formula is C25H31FN4O5. The molecule has 5 rings (SSSR count). The zero-order valence-corrected chi connectivity index (χ0v) is 19.8. The lowest BCUT2D eigenvalue weighted by Crippen LogP contribution is -2.43. The highest BCUT2D eigenvalue weighted by molar-refractivity contribution is 5.81. The van der Waals surface area contributed by atoms with Crippen molar-refractivity contribution in [3.63, 3.8) is 0 Å². The number of nitrogens with one attached hydrogen (secondary N) is 2. The van der Waals surface area contributed by atoms with E-state index < -0.39 is 17.1 Å². The average Bonchev–Trinajstić information content (AvgIpc) is 3.71. The highest BCUT2D eigenvalue weighted by Gasteiger charge is 2.34. The molecule has 188 valence electrons. The van der Waals surface area contributed by atoms with Crippen molar-refractivity contribution in [2.24, 2.45) is 11.8 Å². The molecule has 0 unspecified atom stereocenters. The summed E-state index contributed by atoms with van der Waals surface area (Å²) < 4.78 is 21.1. The Hall–Kier alpha value is -3.04. The molecule has 2 heterocycles. The van der Waals surface area contributed by atoms with E-state index in [0.717, 1.165) is 19.0 Å². The molecule has 2 N–H and O–H groups in total. The van der Waals surface area contributed by atoms with Crippen molar-refractivity contribution in [3.05, 3.63) is 38.4 Å². The molecule has 0 spiro atoms. The molecule has 0 saturated heterocycles. The third kappa shape index (κ3) is 4.62. The molecule has 0 radical (unpaired) electrons. The molecule has 9 nitrogen and oxygen atoms in total. The van der Waals surface area contributed by atoms with Crippen molar-refractivity contribution >= 4 is 22.9 Å². The molecule has 35 heavy (non-hydrogen) atoms. The SMILES string of the molecule is COC(=O)C1CCC(c2c(F)cnc3[nH]c(=O)n(C4CCC(NC(=O)C5CC5)CC4)c(=O)c23)CC1. The van der Waals surface area contributed by atoms with Crippen LogP contribution in [0.1, 0.15) is 81.7 Å². The first-order valence-corrected chi connectivity index (χ1v) is 12.6. The van der Waals surface area contributed by atoms with Gasteiger partial charge >= 0.3 is 11.7 Å². The van der Waals surface area contributed by atoms with Crippen LogP contribution in [-0.4, -0.2) is 39.6 Å². The highest BCUT2D eigenvalue weighted by atomic mass is 19.1. The summed E-state index contributed by atoms with van der Waals surface area (Å²) in [6.07, 6.45) is 7.64. The number of fused-ring (bicyclic) bond motifs is 1. The van der Waals surface area contributed by atoms with Gasteiger partial charge in [0.05, 0.1) is 24.6 Å². The van der Waals surface area contributed by atoms with Crippen molar-refractivity contribution in [2.75, 3.05) is 7.11 Å². The zero-order valence-electron chi connectivity index (χ0n) is 19.8. The fourth-order valence-electron chi connectivity index (χ4n) is 5.85. The number of aromatic nitrogens is 3. The molecular weight excluding hydrogens is 455 g/mol. The van der Waals surface area contributed by atoms with Crippen molar-refractivity contribution in [3.8, 4) is 0 Å². The van der Waals surface area contributed by atoms with Crippen LogP contribution in [-0.2, 0) is 14.3 Å². The molecule has 10 heteroatoms. The molecule has 3 saturated carbocycles. The van der Waals surface area contributed by atoms with Crippen LogP contribution in [0.25, 0.3) is 11.0 Å². The Bertz CT molecular complexity index is 1250. The summed E-state index contributed by atoms with van der Waals surface area (Å²) in [6, 6.07) is -0.273. The van der Waals surface area contributed by atoms with Gasteiger partial charge in [0.2, 0.25) is 5.91 Å². The Morgan fingerprint density at radius 2 is 1.69 bits per heavy atom. The van der Waals surface area contributed by atoms with E-state index in [1.54, 1.807) is 0 Å². The predicted molar refractivity (Wildman–Crippen MR) is 125 cm³/mol. The lowest BCUT2D eigenvalue weighted by molar-refractivity contribution is -0.146. The Labute approximate surface area is 201 Å². The Morgan fingerprint density at radius 3 is 2.31 bits per heavy atom. The number of rotatable bonds is 5. The summed E-state index contributed by atoms with van der Waals surface area (Å²) in [6.45, 7) is 0. The van der Waals surface area contributed by atoms with Crippen LogP contribution in [0.5, 0.6) is 0 Å². The van der Waals surface area contributed by atoms with Gasteiger partial charge in [0.25, 0.3) is 5.56 Å². The average molecular weight is 487 g/mol. The number of esters is 1. The number of H-pyrrole nitrogens is 1. The maximum atomic E-state index is 15.1. The fourth-order valence-corrected chi connectivity index (χ4v) is 5.85. The molecule has 2 aromatic heterocycles. The molecule has 1 amide bonds. The van der Waals surface area contributed by atoms with E-state index in [9.17, 15) is 19.2 Å². The van der Waals surface area contributed by atoms with Crippen molar-refractivity contribution < 1.29 is 18.7 Å². The molecule has 3 aliphatic rings. The van der Waals surface area contributed by atoms with Crippen LogP contribution < -0.4 is 16.6 Å². The molecule has 3 fully saturated rings. The largest absolute Gasteiger partial charge is 0.469 e. The topological polar surface area (TPSA) is 123 Å². The maximum Gasteiger partial charge on any atom is 0.330 e. The van der Waals surface area contributed by atoms with Gasteiger partial charge in [-0.2, -0.15) is 0 Å². The van der Waals surface area contributed by atoms with E-state index in [-0.39, 0.29) is 58.3 Å². The monoisotopic (exact) mass is 486 g/mol. The van der Waals surface area contributed by atoms with E-state index in [2.05, 4.69) is 15.3 Å². The minimum Gasteiger partial charge on any atom is -0.469 e. The summed E-state index contributed by atoms with van der Waals surface area (Å²) in [5.41, 5.74) is -0.703. The normalized spacial score (nSPS) is 26.9. The van der Waals surface area contributed by atoms with Crippen LogP contribution in [0.4, 0.5) is 4.39 Å². The lowest BCUT2D eigenvalue weighted by atomic mass is 9.78. The van der Waals surface area contributed by atoms with Gasteiger partial charge in [-0.15, -0.1) is 0 Å². The minimum atomic E-state index is -0.568. The summed E-state index contributed by atoms with van der Waals surface area (Å²) in [7, 11) is 1.36. The summed E-state index contributed by atoms with van der Waals surface area (Å²) in [5.74, 6) is -1.06. The van der Waals surface area contributed by atoms with Crippen LogP contribution in [0.15, 0.2) is 15.8 Å². The number of amides is 1. The first-order valence-electron chi connectivity index (χ1n) is 12.6. The Morgan fingerprint density at radius 1 is 1.03 bits per heavy atom. The number of hydrogen-bond acceptors (Lipinski definition) is 6. The molecule has 0 bridgehead atoms. The quantitative estimate of drug-likeness (QED) is 0.627. The Balaban J connectivity index is 1.41. The van der Waals surface area contributed by atoms with Crippen LogP contribution in [0.3, 0.4) is 0 Å².